The SMILES string of the molecule is CC(C)Oc1cc(B2OC(C)(C)C(C)(C)O2)cc(Cl)c1Cl. The Labute approximate surface area is 137 Å². The summed E-state index contributed by atoms with van der Waals surface area (Å²) < 4.78 is 17.8. The van der Waals surface area contributed by atoms with Gasteiger partial charge in [0.2, 0.25) is 0 Å². The molecule has 116 valence electrons. The Morgan fingerprint density at radius 1 is 1.05 bits per heavy atom. The van der Waals surface area contributed by atoms with Crippen molar-refractivity contribution in [3.63, 3.8) is 0 Å². The zero-order valence-electron chi connectivity index (χ0n) is 13.3. The van der Waals surface area contributed by atoms with Crippen molar-refractivity contribution >= 4 is 35.8 Å². The van der Waals surface area contributed by atoms with Gasteiger partial charge >= 0.3 is 7.12 Å². The Bertz CT molecular complexity index is 528. The average molecular weight is 331 g/mol. The van der Waals surface area contributed by atoms with Crippen LogP contribution in [0.15, 0.2) is 12.1 Å². The summed E-state index contributed by atoms with van der Waals surface area (Å²) >= 11 is 12.4. The van der Waals surface area contributed by atoms with E-state index in [1.54, 1.807) is 6.07 Å². The van der Waals surface area contributed by atoms with Gasteiger partial charge in [-0.05, 0) is 59.1 Å². The van der Waals surface area contributed by atoms with Gasteiger partial charge in [-0.2, -0.15) is 0 Å². The van der Waals surface area contributed by atoms with E-state index in [4.69, 9.17) is 37.2 Å². The molecule has 2 rings (SSSR count). The molecule has 1 saturated heterocycles. The van der Waals surface area contributed by atoms with Crippen LogP contribution in [0.3, 0.4) is 0 Å². The number of halogens is 2. The molecule has 0 spiro atoms. The van der Waals surface area contributed by atoms with Crippen molar-refractivity contribution in [2.45, 2.75) is 58.8 Å². The summed E-state index contributed by atoms with van der Waals surface area (Å²) in [7, 11) is -0.487. The van der Waals surface area contributed by atoms with E-state index in [1.165, 1.54) is 0 Å². The molecule has 6 heteroatoms. The van der Waals surface area contributed by atoms with Crippen LogP contribution in [0.2, 0.25) is 10.0 Å². The van der Waals surface area contributed by atoms with E-state index in [1.807, 2.05) is 47.6 Å². The molecule has 21 heavy (non-hydrogen) atoms. The highest BCUT2D eigenvalue weighted by molar-refractivity contribution is 6.62. The van der Waals surface area contributed by atoms with Crippen molar-refractivity contribution in [1.82, 2.24) is 0 Å². The van der Waals surface area contributed by atoms with Crippen LogP contribution in [0.1, 0.15) is 41.5 Å². The van der Waals surface area contributed by atoms with E-state index < -0.39 is 18.3 Å². The first-order valence-corrected chi connectivity index (χ1v) is 7.80. The number of benzene rings is 1. The summed E-state index contributed by atoms with van der Waals surface area (Å²) in [6, 6.07) is 3.59. The maximum Gasteiger partial charge on any atom is 0.495 e. The Kier molecular flexibility index (Phi) is 4.56. The lowest BCUT2D eigenvalue weighted by molar-refractivity contribution is 0.00578. The largest absolute Gasteiger partial charge is 0.495 e. The summed E-state index contributed by atoms with van der Waals surface area (Å²) in [5, 5.41) is 0.838. The molecule has 1 heterocycles. The molecule has 1 fully saturated rings. The smallest absolute Gasteiger partial charge is 0.489 e. The highest BCUT2D eigenvalue weighted by Crippen LogP contribution is 2.38. The number of hydrogen-bond donors (Lipinski definition) is 0. The van der Waals surface area contributed by atoms with Crippen LogP contribution in [0, 0.1) is 0 Å². The van der Waals surface area contributed by atoms with E-state index in [-0.39, 0.29) is 6.10 Å². The molecule has 0 atom stereocenters. The minimum Gasteiger partial charge on any atom is -0.489 e. The fourth-order valence-corrected chi connectivity index (χ4v) is 2.41. The highest BCUT2D eigenvalue weighted by Gasteiger charge is 2.51. The molecule has 1 aliphatic rings. The molecule has 0 aliphatic carbocycles. The van der Waals surface area contributed by atoms with Gasteiger partial charge in [0, 0.05) is 0 Å². The van der Waals surface area contributed by atoms with Gasteiger partial charge in [0.1, 0.15) is 10.8 Å². The zero-order valence-corrected chi connectivity index (χ0v) is 14.8. The van der Waals surface area contributed by atoms with E-state index in [9.17, 15) is 0 Å². The summed E-state index contributed by atoms with van der Waals surface area (Å²) in [4.78, 5) is 0. The monoisotopic (exact) mass is 330 g/mol. The van der Waals surface area contributed by atoms with Crippen molar-refractivity contribution in [2.75, 3.05) is 0 Å². The zero-order chi connectivity index (χ0) is 16.0. The fraction of sp³-hybridized carbons (Fsp3) is 0.600. The quantitative estimate of drug-likeness (QED) is 0.781. The molecule has 1 aliphatic heterocycles. The summed E-state index contributed by atoms with van der Waals surface area (Å²) in [6.45, 7) is 11.9. The van der Waals surface area contributed by atoms with Gasteiger partial charge in [0.05, 0.1) is 22.3 Å². The first kappa shape index (κ1) is 16.9. The van der Waals surface area contributed by atoms with E-state index in [2.05, 4.69) is 0 Å². The van der Waals surface area contributed by atoms with Crippen molar-refractivity contribution in [1.29, 1.82) is 0 Å². The van der Waals surface area contributed by atoms with E-state index >= 15 is 0 Å². The van der Waals surface area contributed by atoms with Crippen LogP contribution in [-0.2, 0) is 9.31 Å². The third-order valence-corrected chi connectivity index (χ3v) is 4.69. The summed E-state index contributed by atoms with van der Waals surface area (Å²) in [5.74, 6) is 0.545. The van der Waals surface area contributed by atoms with Crippen molar-refractivity contribution in [2.24, 2.45) is 0 Å². The summed E-state index contributed by atoms with van der Waals surface area (Å²) in [6.07, 6.45) is 0.00659. The number of rotatable bonds is 3. The van der Waals surface area contributed by atoms with Crippen LogP contribution in [0.25, 0.3) is 0 Å². The first-order valence-electron chi connectivity index (χ1n) is 7.05. The van der Waals surface area contributed by atoms with Gasteiger partial charge < -0.3 is 14.0 Å². The average Bonchev–Trinajstić information content (AvgIpc) is 2.53. The molecule has 0 bridgehead atoms. The maximum atomic E-state index is 6.20. The molecule has 1 aromatic rings. The fourth-order valence-electron chi connectivity index (χ4n) is 2.04. The standard InChI is InChI=1S/C15H21BCl2O3/c1-9(2)19-12-8-10(7-11(17)13(12)18)16-20-14(3,4)15(5,6)21-16/h7-9H,1-6H3. The molecule has 3 nitrogen and oxygen atoms in total. The van der Waals surface area contributed by atoms with Crippen LogP contribution >= 0.6 is 23.2 Å². The predicted molar refractivity (Wildman–Crippen MR) is 87.9 cm³/mol. The van der Waals surface area contributed by atoms with Crippen molar-refractivity contribution in [3.8, 4) is 5.75 Å². The topological polar surface area (TPSA) is 27.7 Å². The Hall–Kier alpha value is -0.415. The maximum absolute atomic E-state index is 6.20. The van der Waals surface area contributed by atoms with Gasteiger partial charge in [-0.3, -0.25) is 0 Å². The second-order valence-corrected chi connectivity index (χ2v) is 7.35. The minimum atomic E-state index is -0.487. The molecule has 0 unspecified atom stereocenters. The molecule has 1 aromatic carbocycles. The molecular formula is C15H21BCl2O3. The minimum absolute atomic E-state index is 0.00659. The molecular weight excluding hydrogens is 310 g/mol. The normalized spacial score (nSPS) is 20.1. The lowest BCUT2D eigenvalue weighted by atomic mass is 9.79. The van der Waals surface area contributed by atoms with Crippen LogP contribution < -0.4 is 10.2 Å². The van der Waals surface area contributed by atoms with Gasteiger partial charge in [-0.15, -0.1) is 0 Å². The lowest BCUT2D eigenvalue weighted by Crippen LogP contribution is -2.41. The van der Waals surface area contributed by atoms with E-state index in [0.29, 0.717) is 15.8 Å². The Morgan fingerprint density at radius 2 is 1.57 bits per heavy atom. The molecule has 0 aromatic heterocycles. The highest BCUT2D eigenvalue weighted by atomic mass is 35.5. The van der Waals surface area contributed by atoms with Gasteiger partial charge in [-0.25, -0.2) is 0 Å². The summed E-state index contributed by atoms with van der Waals surface area (Å²) in [5.41, 5.74) is 0.00445. The first-order chi connectivity index (χ1) is 9.53. The van der Waals surface area contributed by atoms with E-state index in [0.717, 1.165) is 5.46 Å². The van der Waals surface area contributed by atoms with Crippen LogP contribution in [0.5, 0.6) is 5.75 Å². The molecule has 0 amide bonds. The van der Waals surface area contributed by atoms with Crippen LogP contribution in [-0.4, -0.2) is 24.4 Å². The molecule has 0 saturated carbocycles. The number of hydrogen-bond acceptors (Lipinski definition) is 3. The second kappa shape index (κ2) is 5.66. The van der Waals surface area contributed by atoms with Gasteiger partial charge in [0.25, 0.3) is 0 Å². The third-order valence-electron chi connectivity index (χ3n) is 3.91. The predicted octanol–water partition coefficient (Wildman–Crippen LogP) is 4.08. The third kappa shape index (κ3) is 3.34. The van der Waals surface area contributed by atoms with Gasteiger partial charge in [-0.1, -0.05) is 23.2 Å². The Morgan fingerprint density at radius 3 is 2.05 bits per heavy atom. The molecule has 0 N–H and O–H groups in total. The lowest BCUT2D eigenvalue weighted by Gasteiger charge is -2.32. The Balaban J connectivity index is 2.36. The van der Waals surface area contributed by atoms with Crippen molar-refractivity contribution < 1.29 is 14.0 Å². The molecule has 0 radical (unpaired) electrons. The number of ether oxygens (including phenoxy) is 1. The van der Waals surface area contributed by atoms with Gasteiger partial charge in [0.15, 0.2) is 0 Å². The second-order valence-electron chi connectivity index (χ2n) is 6.57. The van der Waals surface area contributed by atoms with Crippen LogP contribution in [0.4, 0.5) is 0 Å². The van der Waals surface area contributed by atoms with Crippen molar-refractivity contribution in [3.05, 3.63) is 22.2 Å².